The average Bonchev–Trinajstić information content (AvgIpc) is 2.65. The normalized spacial score (nSPS) is 24.2. The summed E-state index contributed by atoms with van der Waals surface area (Å²) >= 11 is 0. The van der Waals surface area contributed by atoms with Crippen LogP contribution >= 0.6 is 0 Å². The topological polar surface area (TPSA) is 152 Å². The summed E-state index contributed by atoms with van der Waals surface area (Å²) in [7, 11) is 0. The number of hydrogen-bond acceptors (Lipinski definition) is 10. The molecule has 10 heteroatoms. The van der Waals surface area contributed by atoms with Crippen molar-refractivity contribution in [3.05, 3.63) is 0 Å². The highest BCUT2D eigenvalue weighted by Crippen LogP contribution is 2.06. The highest BCUT2D eigenvalue weighted by atomic mass is 16.3. The van der Waals surface area contributed by atoms with Gasteiger partial charge in [0, 0.05) is 52.4 Å². The number of nitrogens with zero attached hydrogens (tertiary/aromatic N) is 2. The number of aliphatic hydroxyl groups excluding tert-OH is 6. The van der Waals surface area contributed by atoms with E-state index < -0.39 is 37.5 Å². The van der Waals surface area contributed by atoms with Crippen LogP contribution in [0.1, 0.15) is 0 Å². The molecule has 0 aromatic rings. The molecule has 0 unspecified atom stereocenters. The van der Waals surface area contributed by atoms with Crippen LogP contribution in [0, 0.1) is 0 Å². The molecule has 26 heavy (non-hydrogen) atoms. The molecule has 0 amide bonds. The summed E-state index contributed by atoms with van der Waals surface area (Å²) in [5.74, 6) is 0. The molecule has 8 N–H and O–H groups in total. The fourth-order valence-corrected chi connectivity index (χ4v) is 3.23. The van der Waals surface area contributed by atoms with Crippen LogP contribution in [0.25, 0.3) is 0 Å². The Bertz CT molecular complexity index is 311. The third-order valence-corrected chi connectivity index (χ3v) is 4.88. The van der Waals surface area contributed by atoms with Crippen LogP contribution in [0.2, 0.25) is 0 Å². The summed E-state index contributed by atoms with van der Waals surface area (Å²) in [6, 6.07) is -1.02. The van der Waals surface area contributed by atoms with Crippen LogP contribution in [0.3, 0.4) is 0 Å². The molecule has 156 valence electrons. The van der Waals surface area contributed by atoms with Crippen LogP contribution in [0.15, 0.2) is 0 Å². The van der Waals surface area contributed by atoms with Crippen LogP contribution in [-0.4, -0.2) is 144 Å². The molecule has 1 aliphatic heterocycles. The molecule has 0 aliphatic carbocycles. The minimum atomic E-state index is -0.992. The Hall–Kier alpha value is -0.400. The van der Waals surface area contributed by atoms with Gasteiger partial charge in [-0.25, -0.2) is 0 Å². The van der Waals surface area contributed by atoms with Crippen molar-refractivity contribution >= 4 is 0 Å². The maximum atomic E-state index is 9.89. The summed E-state index contributed by atoms with van der Waals surface area (Å²) in [6.07, 6.45) is -1.98. The monoisotopic (exact) mass is 380 g/mol. The lowest BCUT2D eigenvalue weighted by Gasteiger charge is -2.35. The number of nitrogens with one attached hydrogen (secondary N) is 2. The third-order valence-electron chi connectivity index (χ3n) is 4.88. The van der Waals surface area contributed by atoms with Crippen LogP contribution in [0.5, 0.6) is 0 Å². The summed E-state index contributed by atoms with van der Waals surface area (Å²) in [6.45, 7) is 3.70. The Morgan fingerprint density at radius 1 is 0.577 bits per heavy atom. The van der Waals surface area contributed by atoms with E-state index in [1.54, 1.807) is 0 Å². The van der Waals surface area contributed by atoms with Gasteiger partial charge in [0.2, 0.25) is 0 Å². The molecule has 1 aliphatic rings. The minimum absolute atomic E-state index is 0.229. The molecule has 0 aromatic heterocycles. The lowest BCUT2D eigenvalue weighted by Crippen LogP contribution is -2.54. The van der Waals surface area contributed by atoms with Gasteiger partial charge in [0.05, 0.1) is 50.7 Å². The lowest BCUT2D eigenvalue weighted by atomic mass is 10.1. The Kier molecular flexibility index (Phi) is 12.5. The van der Waals surface area contributed by atoms with Crippen molar-refractivity contribution in [2.45, 2.75) is 24.3 Å². The van der Waals surface area contributed by atoms with Crippen molar-refractivity contribution in [1.82, 2.24) is 20.4 Å². The molecule has 1 fully saturated rings. The standard InChI is InChI=1S/C16H36N4O6/c21-9-13(15(25)11-23)19-5-1-17-2-6-20(8-4-18-3-7-19)14(10-22)16(26)12-24/h13-18,21-26H,1-12H2/t13-,14-,15-,16-/m1/s1. The van der Waals surface area contributed by atoms with Gasteiger partial charge >= 0.3 is 0 Å². The second-order valence-electron chi connectivity index (χ2n) is 6.57. The zero-order chi connectivity index (χ0) is 19.4. The van der Waals surface area contributed by atoms with E-state index in [0.717, 1.165) is 0 Å². The summed E-state index contributed by atoms with van der Waals surface area (Å²) in [5, 5.41) is 63.7. The first-order valence-electron chi connectivity index (χ1n) is 9.28. The molecule has 0 aromatic carbocycles. The van der Waals surface area contributed by atoms with E-state index in [9.17, 15) is 20.4 Å². The van der Waals surface area contributed by atoms with E-state index >= 15 is 0 Å². The van der Waals surface area contributed by atoms with Crippen molar-refractivity contribution in [2.75, 3.05) is 78.8 Å². The third kappa shape index (κ3) is 7.69. The van der Waals surface area contributed by atoms with Crippen LogP contribution in [0.4, 0.5) is 0 Å². The molecule has 1 rings (SSSR count). The quantitative estimate of drug-likeness (QED) is 0.206. The lowest BCUT2D eigenvalue weighted by molar-refractivity contribution is -0.0168. The first-order chi connectivity index (χ1) is 12.6. The van der Waals surface area contributed by atoms with Gasteiger partial charge in [-0.15, -0.1) is 0 Å². The first-order valence-corrected chi connectivity index (χ1v) is 9.28. The van der Waals surface area contributed by atoms with Gasteiger partial charge in [0.25, 0.3) is 0 Å². The fraction of sp³-hybridized carbons (Fsp3) is 1.00. The molecular weight excluding hydrogens is 344 g/mol. The molecule has 4 atom stereocenters. The molecular formula is C16H36N4O6. The molecule has 1 heterocycles. The predicted octanol–water partition coefficient (Wildman–Crippen LogP) is -4.79. The van der Waals surface area contributed by atoms with E-state index in [0.29, 0.717) is 52.4 Å². The number of hydrogen-bond donors (Lipinski definition) is 8. The molecule has 0 spiro atoms. The maximum Gasteiger partial charge on any atom is 0.0947 e. The van der Waals surface area contributed by atoms with Gasteiger partial charge in [-0.3, -0.25) is 9.80 Å². The zero-order valence-electron chi connectivity index (χ0n) is 15.4. The number of rotatable bonds is 8. The summed E-state index contributed by atoms with van der Waals surface area (Å²) in [4.78, 5) is 3.90. The smallest absolute Gasteiger partial charge is 0.0947 e. The van der Waals surface area contributed by atoms with E-state index in [1.807, 2.05) is 9.80 Å². The van der Waals surface area contributed by atoms with Crippen molar-refractivity contribution < 1.29 is 30.6 Å². The first kappa shape index (κ1) is 23.6. The van der Waals surface area contributed by atoms with Crippen LogP contribution in [-0.2, 0) is 0 Å². The van der Waals surface area contributed by atoms with E-state index in [2.05, 4.69) is 10.6 Å². The van der Waals surface area contributed by atoms with Crippen molar-refractivity contribution in [3.63, 3.8) is 0 Å². The molecule has 10 nitrogen and oxygen atoms in total. The van der Waals surface area contributed by atoms with Gasteiger partial charge < -0.3 is 41.3 Å². The zero-order valence-corrected chi connectivity index (χ0v) is 15.4. The second kappa shape index (κ2) is 13.7. The fourth-order valence-electron chi connectivity index (χ4n) is 3.23. The predicted molar refractivity (Wildman–Crippen MR) is 96.8 cm³/mol. The van der Waals surface area contributed by atoms with Crippen molar-refractivity contribution in [3.8, 4) is 0 Å². The van der Waals surface area contributed by atoms with E-state index in [-0.39, 0.29) is 13.2 Å². The van der Waals surface area contributed by atoms with Gasteiger partial charge in [-0.05, 0) is 0 Å². The molecule has 1 saturated heterocycles. The highest BCUT2D eigenvalue weighted by Gasteiger charge is 2.26. The molecule has 0 saturated carbocycles. The van der Waals surface area contributed by atoms with E-state index in [1.165, 1.54) is 0 Å². The number of aliphatic hydroxyl groups is 6. The van der Waals surface area contributed by atoms with Crippen LogP contribution < -0.4 is 10.6 Å². The SMILES string of the molecule is OC[C@@H](O)[C@@H](CO)N1CCNCCN([C@H](CO)[C@H](O)CO)CCNCC1. The second-order valence-corrected chi connectivity index (χ2v) is 6.57. The Morgan fingerprint density at radius 3 is 1.12 bits per heavy atom. The Morgan fingerprint density at radius 2 is 0.885 bits per heavy atom. The average molecular weight is 380 g/mol. The van der Waals surface area contributed by atoms with Crippen molar-refractivity contribution in [1.29, 1.82) is 0 Å². The van der Waals surface area contributed by atoms with Crippen molar-refractivity contribution in [2.24, 2.45) is 0 Å². The van der Waals surface area contributed by atoms with Gasteiger partial charge in [-0.1, -0.05) is 0 Å². The summed E-state index contributed by atoms with van der Waals surface area (Å²) in [5.41, 5.74) is 0. The maximum absolute atomic E-state index is 9.89. The van der Waals surface area contributed by atoms with Gasteiger partial charge in [0.1, 0.15) is 0 Å². The summed E-state index contributed by atoms with van der Waals surface area (Å²) < 4.78 is 0. The minimum Gasteiger partial charge on any atom is -0.395 e. The van der Waals surface area contributed by atoms with Gasteiger partial charge in [0.15, 0.2) is 0 Å². The Balaban J connectivity index is 2.61. The molecule has 0 radical (unpaired) electrons. The Labute approximate surface area is 155 Å². The largest absolute Gasteiger partial charge is 0.395 e. The van der Waals surface area contributed by atoms with E-state index in [4.69, 9.17) is 10.2 Å². The molecule has 0 bridgehead atoms. The highest BCUT2D eigenvalue weighted by molar-refractivity contribution is 4.82. The van der Waals surface area contributed by atoms with Gasteiger partial charge in [-0.2, -0.15) is 0 Å².